The molecule has 5 nitrogen and oxygen atoms in total. The summed E-state index contributed by atoms with van der Waals surface area (Å²) in [6.07, 6.45) is 0.667. The van der Waals surface area contributed by atoms with E-state index in [2.05, 4.69) is 26.6 Å². The maximum atomic E-state index is 11.7. The van der Waals surface area contributed by atoms with Crippen molar-refractivity contribution < 1.29 is 14.6 Å². The molecule has 19 heavy (non-hydrogen) atoms. The maximum Gasteiger partial charge on any atom is 0.319 e. The van der Waals surface area contributed by atoms with E-state index >= 15 is 0 Å². The number of carbonyl (C=O) groups is 1. The van der Waals surface area contributed by atoms with E-state index in [0.29, 0.717) is 24.4 Å². The van der Waals surface area contributed by atoms with Gasteiger partial charge in [-0.25, -0.2) is 4.79 Å². The summed E-state index contributed by atoms with van der Waals surface area (Å²) in [6.45, 7) is 2.61. The molecule has 0 saturated carbocycles. The molecule has 0 heterocycles. The van der Waals surface area contributed by atoms with E-state index in [1.54, 1.807) is 19.2 Å². The quantitative estimate of drug-likeness (QED) is 0.750. The lowest BCUT2D eigenvalue weighted by molar-refractivity contribution is 0.243. The summed E-state index contributed by atoms with van der Waals surface area (Å²) in [6, 6.07) is 5.09. The van der Waals surface area contributed by atoms with Crippen molar-refractivity contribution in [2.24, 2.45) is 5.92 Å². The second-order valence-electron chi connectivity index (χ2n) is 4.30. The molecule has 6 heteroatoms. The number of amides is 2. The van der Waals surface area contributed by atoms with Gasteiger partial charge in [-0.05, 0) is 30.5 Å². The van der Waals surface area contributed by atoms with Crippen molar-refractivity contribution in [3.8, 4) is 5.75 Å². The number of hydrogen-bond donors (Lipinski definition) is 3. The Kier molecular flexibility index (Phi) is 6.66. The Morgan fingerprint density at radius 1 is 1.53 bits per heavy atom. The van der Waals surface area contributed by atoms with Crippen LogP contribution in [0.1, 0.15) is 13.3 Å². The minimum Gasteiger partial charge on any atom is -0.495 e. The molecule has 0 saturated heterocycles. The highest BCUT2D eigenvalue weighted by Crippen LogP contribution is 2.27. The number of aliphatic hydroxyl groups excluding tert-OH is 1. The Hall–Kier alpha value is -1.27. The second kappa shape index (κ2) is 8.01. The highest BCUT2D eigenvalue weighted by molar-refractivity contribution is 9.10. The summed E-state index contributed by atoms with van der Waals surface area (Å²) in [5, 5.41) is 14.3. The van der Waals surface area contributed by atoms with Crippen LogP contribution in [0.3, 0.4) is 0 Å². The first-order valence-electron chi connectivity index (χ1n) is 6.06. The van der Waals surface area contributed by atoms with Crippen molar-refractivity contribution in [2.75, 3.05) is 25.6 Å². The Labute approximate surface area is 121 Å². The van der Waals surface area contributed by atoms with Crippen LogP contribution < -0.4 is 15.4 Å². The number of anilines is 1. The van der Waals surface area contributed by atoms with Crippen LogP contribution in [-0.2, 0) is 0 Å². The van der Waals surface area contributed by atoms with Crippen molar-refractivity contribution >= 4 is 27.6 Å². The molecule has 0 aromatic heterocycles. The van der Waals surface area contributed by atoms with Crippen LogP contribution in [0, 0.1) is 5.92 Å². The first-order chi connectivity index (χ1) is 9.06. The SMILES string of the molecule is COc1ccc(Br)cc1NC(=O)NCC(C)CCO. The molecule has 1 atom stereocenters. The molecule has 0 aliphatic rings. The fourth-order valence-electron chi connectivity index (χ4n) is 1.53. The maximum absolute atomic E-state index is 11.7. The molecule has 1 rings (SSSR count). The van der Waals surface area contributed by atoms with Crippen molar-refractivity contribution in [3.05, 3.63) is 22.7 Å². The third kappa shape index (κ3) is 5.48. The summed E-state index contributed by atoms with van der Waals surface area (Å²) in [5.74, 6) is 0.835. The average molecular weight is 331 g/mol. The third-order valence-corrected chi connectivity index (χ3v) is 3.14. The lowest BCUT2D eigenvalue weighted by atomic mass is 10.1. The van der Waals surface area contributed by atoms with Gasteiger partial charge in [-0.1, -0.05) is 22.9 Å². The molecular formula is C13H19BrN2O3. The summed E-state index contributed by atoms with van der Waals surface area (Å²) in [7, 11) is 1.55. The van der Waals surface area contributed by atoms with Gasteiger partial charge >= 0.3 is 6.03 Å². The summed E-state index contributed by atoms with van der Waals surface area (Å²) >= 11 is 3.34. The van der Waals surface area contributed by atoms with Gasteiger partial charge in [0.25, 0.3) is 0 Å². The minimum atomic E-state index is -0.291. The first-order valence-corrected chi connectivity index (χ1v) is 6.85. The van der Waals surface area contributed by atoms with Crippen LogP contribution in [0.2, 0.25) is 0 Å². The van der Waals surface area contributed by atoms with Gasteiger partial charge in [-0.15, -0.1) is 0 Å². The zero-order chi connectivity index (χ0) is 14.3. The molecule has 3 N–H and O–H groups in total. The van der Waals surface area contributed by atoms with Crippen LogP contribution in [0.15, 0.2) is 22.7 Å². The molecule has 0 spiro atoms. The molecule has 0 aliphatic heterocycles. The molecule has 106 valence electrons. The Bertz CT molecular complexity index is 426. The van der Waals surface area contributed by atoms with Crippen molar-refractivity contribution in [3.63, 3.8) is 0 Å². The van der Waals surface area contributed by atoms with Crippen LogP contribution in [0.25, 0.3) is 0 Å². The largest absolute Gasteiger partial charge is 0.495 e. The number of methoxy groups -OCH3 is 1. The first kappa shape index (κ1) is 15.8. The molecule has 1 unspecified atom stereocenters. The lowest BCUT2D eigenvalue weighted by Crippen LogP contribution is -2.32. The number of hydrogen-bond acceptors (Lipinski definition) is 3. The minimum absolute atomic E-state index is 0.129. The normalized spacial score (nSPS) is 11.8. The smallest absolute Gasteiger partial charge is 0.319 e. The molecule has 1 aromatic rings. The number of rotatable bonds is 6. The van der Waals surface area contributed by atoms with E-state index in [0.717, 1.165) is 4.47 Å². The van der Waals surface area contributed by atoms with Gasteiger partial charge in [-0.2, -0.15) is 0 Å². The van der Waals surface area contributed by atoms with E-state index in [1.165, 1.54) is 0 Å². The van der Waals surface area contributed by atoms with Crippen molar-refractivity contribution in [1.82, 2.24) is 5.32 Å². The lowest BCUT2D eigenvalue weighted by Gasteiger charge is -2.14. The predicted octanol–water partition coefficient (Wildman–Crippen LogP) is 2.60. The molecular weight excluding hydrogens is 312 g/mol. The fraction of sp³-hybridized carbons (Fsp3) is 0.462. The predicted molar refractivity (Wildman–Crippen MR) is 78.6 cm³/mol. The summed E-state index contributed by atoms with van der Waals surface area (Å²) < 4.78 is 6.03. The van der Waals surface area contributed by atoms with Crippen LogP contribution >= 0.6 is 15.9 Å². The molecule has 0 radical (unpaired) electrons. The van der Waals surface area contributed by atoms with Gasteiger partial charge in [-0.3, -0.25) is 0 Å². The van der Waals surface area contributed by atoms with E-state index < -0.39 is 0 Å². The number of halogens is 1. The van der Waals surface area contributed by atoms with Crippen LogP contribution in [-0.4, -0.2) is 31.4 Å². The highest BCUT2D eigenvalue weighted by Gasteiger charge is 2.09. The number of benzene rings is 1. The zero-order valence-corrected chi connectivity index (χ0v) is 12.7. The third-order valence-electron chi connectivity index (χ3n) is 2.64. The van der Waals surface area contributed by atoms with Crippen molar-refractivity contribution in [1.29, 1.82) is 0 Å². The Morgan fingerprint density at radius 3 is 2.89 bits per heavy atom. The van der Waals surface area contributed by atoms with Gasteiger partial charge in [0.2, 0.25) is 0 Å². The van der Waals surface area contributed by atoms with Gasteiger partial charge in [0.1, 0.15) is 5.75 Å². The standard InChI is InChI=1S/C13H19BrN2O3/c1-9(5-6-17)8-15-13(18)16-11-7-10(14)3-4-12(11)19-2/h3-4,7,9,17H,5-6,8H2,1-2H3,(H2,15,16,18). The number of carbonyl (C=O) groups excluding carboxylic acids is 1. The average Bonchev–Trinajstić information content (AvgIpc) is 2.37. The van der Waals surface area contributed by atoms with E-state index in [9.17, 15) is 4.79 Å². The van der Waals surface area contributed by atoms with Gasteiger partial charge in [0.15, 0.2) is 0 Å². The molecule has 0 bridgehead atoms. The van der Waals surface area contributed by atoms with Crippen LogP contribution in [0.5, 0.6) is 5.75 Å². The van der Waals surface area contributed by atoms with Crippen molar-refractivity contribution in [2.45, 2.75) is 13.3 Å². The topological polar surface area (TPSA) is 70.6 Å². The number of ether oxygens (including phenoxy) is 1. The molecule has 1 aromatic carbocycles. The van der Waals surface area contributed by atoms with E-state index in [-0.39, 0.29) is 18.6 Å². The van der Waals surface area contributed by atoms with Gasteiger partial charge in [0, 0.05) is 17.6 Å². The van der Waals surface area contributed by atoms with E-state index in [4.69, 9.17) is 9.84 Å². The summed E-state index contributed by atoms with van der Waals surface area (Å²) in [4.78, 5) is 11.7. The summed E-state index contributed by atoms with van der Waals surface area (Å²) in [5.41, 5.74) is 0.601. The Morgan fingerprint density at radius 2 is 2.26 bits per heavy atom. The van der Waals surface area contributed by atoms with Gasteiger partial charge < -0.3 is 20.5 Å². The molecule has 2 amide bonds. The number of urea groups is 1. The Balaban J connectivity index is 2.54. The second-order valence-corrected chi connectivity index (χ2v) is 5.21. The highest BCUT2D eigenvalue weighted by atomic mass is 79.9. The number of nitrogens with one attached hydrogen (secondary N) is 2. The monoisotopic (exact) mass is 330 g/mol. The molecule has 0 fully saturated rings. The number of aliphatic hydroxyl groups is 1. The van der Waals surface area contributed by atoms with Gasteiger partial charge in [0.05, 0.1) is 12.8 Å². The van der Waals surface area contributed by atoms with E-state index in [1.807, 2.05) is 13.0 Å². The molecule has 0 aliphatic carbocycles. The van der Waals surface area contributed by atoms with Crippen LogP contribution in [0.4, 0.5) is 10.5 Å². The fourth-order valence-corrected chi connectivity index (χ4v) is 1.89. The zero-order valence-electron chi connectivity index (χ0n) is 11.1.